The van der Waals surface area contributed by atoms with E-state index in [1.807, 2.05) is 20.8 Å². The smallest absolute Gasteiger partial charge is 0.187 e. The largest absolute Gasteiger partial charge is 0.394 e. The van der Waals surface area contributed by atoms with E-state index in [0.717, 1.165) is 37.7 Å². The Bertz CT molecular complexity index is 1680. The van der Waals surface area contributed by atoms with E-state index in [9.17, 15) is 61.3 Å². The van der Waals surface area contributed by atoms with Gasteiger partial charge in [-0.3, -0.25) is 0 Å². The third kappa shape index (κ3) is 8.79. The molecule has 0 aromatic heterocycles. The third-order valence-corrected chi connectivity index (χ3v) is 18.8. The quantitative estimate of drug-likeness (QED) is 0.0853. The van der Waals surface area contributed by atoms with Crippen molar-refractivity contribution < 1.29 is 89.7 Å². The summed E-state index contributed by atoms with van der Waals surface area (Å²) in [6.07, 6.45) is -15.4. The minimum atomic E-state index is -1.79. The molecule has 0 aromatic rings. The summed E-state index contributed by atoms with van der Waals surface area (Å²) in [6, 6.07) is 0. The molecule has 7 fully saturated rings. The summed E-state index contributed by atoms with van der Waals surface area (Å²) in [5, 5.41) is 129. The molecule has 0 spiro atoms. The SMILES string of the molecule is CC(C)=CCC[C@](C)(O[C@@H]1O[C@H](CO)[C@@H](O)[C@H](O)[C@H]1O)[C@H]1CC[C@]2(C)[C@@H]1[C@H](O)C[C@@H]1[C@@]3(C)CC[C@H](O[C@@H]4O[C@H](CO)[C@@H](O)[C@H](O)[C@H]4O[C@@H]4O[C@H](CO)[C@@H](O)[C@H](O)[C@H]4O)C(C)(C)[C@H]3CC[C@]12C. The summed E-state index contributed by atoms with van der Waals surface area (Å²) >= 11 is 0. The van der Waals surface area contributed by atoms with Crippen LogP contribution in [0, 0.1) is 45.3 Å². The van der Waals surface area contributed by atoms with Crippen LogP contribution in [0.5, 0.6) is 0 Å². The summed E-state index contributed by atoms with van der Waals surface area (Å²) in [5.74, 6) is -0.151. The van der Waals surface area contributed by atoms with Gasteiger partial charge in [0.2, 0.25) is 0 Å². The van der Waals surface area contributed by atoms with Gasteiger partial charge in [0.1, 0.15) is 73.2 Å². The Labute approximate surface area is 388 Å². The molecule has 4 saturated carbocycles. The Kier molecular flexibility index (Phi) is 15.7. The summed E-state index contributed by atoms with van der Waals surface area (Å²) in [4.78, 5) is 0. The number of ether oxygens (including phenoxy) is 6. The van der Waals surface area contributed by atoms with Crippen molar-refractivity contribution >= 4 is 0 Å². The van der Waals surface area contributed by atoms with Crippen LogP contribution in [-0.2, 0) is 28.4 Å². The van der Waals surface area contributed by atoms with E-state index in [2.05, 4.69) is 40.7 Å². The normalized spacial score (nSPS) is 52.4. The highest BCUT2D eigenvalue weighted by Crippen LogP contribution is 2.76. The van der Waals surface area contributed by atoms with E-state index in [0.29, 0.717) is 25.7 Å². The highest BCUT2D eigenvalue weighted by Gasteiger charge is 2.72. The van der Waals surface area contributed by atoms with Gasteiger partial charge in [0.05, 0.1) is 37.6 Å². The van der Waals surface area contributed by atoms with Crippen molar-refractivity contribution in [3.05, 3.63) is 11.6 Å². The van der Waals surface area contributed by atoms with Gasteiger partial charge in [-0.05, 0) is 124 Å². The fraction of sp³-hybridized carbons (Fsp3) is 0.958. The molecule has 3 saturated heterocycles. The first kappa shape index (κ1) is 52.8. The second-order valence-corrected chi connectivity index (χ2v) is 22.9. The van der Waals surface area contributed by atoms with Crippen molar-refractivity contribution in [1.29, 1.82) is 0 Å². The van der Waals surface area contributed by atoms with Crippen molar-refractivity contribution in [2.75, 3.05) is 19.8 Å². The highest BCUT2D eigenvalue weighted by atomic mass is 16.8. The predicted molar refractivity (Wildman–Crippen MR) is 234 cm³/mol. The van der Waals surface area contributed by atoms with Crippen LogP contribution in [0.25, 0.3) is 0 Å². The minimum absolute atomic E-state index is 0.0905. The van der Waals surface area contributed by atoms with Gasteiger partial charge in [-0.15, -0.1) is 0 Å². The fourth-order valence-electron chi connectivity index (χ4n) is 14.9. The first-order chi connectivity index (χ1) is 30.8. The lowest BCUT2D eigenvalue weighted by atomic mass is 9.35. The average Bonchev–Trinajstić information content (AvgIpc) is 3.65. The number of fused-ring (bicyclic) bond motifs is 5. The van der Waals surface area contributed by atoms with Crippen LogP contribution < -0.4 is 0 Å². The van der Waals surface area contributed by atoms with E-state index in [-0.39, 0.29) is 39.9 Å². The Morgan fingerprint density at radius 1 is 0.606 bits per heavy atom. The van der Waals surface area contributed by atoms with Gasteiger partial charge in [0.15, 0.2) is 18.9 Å². The van der Waals surface area contributed by atoms with Crippen LogP contribution in [0.3, 0.4) is 0 Å². The Hall–Kier alpha value is -0.980. The van der Waals surface area contributed by atoms with Crippen LogP contribution in [0.15, 0.2) is 11.6 Å². The molecule has 18 nitrogen and oxygen atoms in total. The molecule has 3 heterocycles. The molecule has 7 rings (SSSR count). The van der Waals surface area contributed by atoms with E-state index >= 15 is 0 Å². The summed E-state index contributed by atoms with van der Waals surface area (Å²) in [7, 11) is 0. The molecule has 0 bridgehead atoms. The van der Waals surface area contributed by atoms with Crippen molar-refractivity contribution in [2.24, 2.45) is 45.3 Å². The van der Waals surface area contributed by atoms with E-state index in [1.165, 1.54) is 0 Å². The number of aliphatic hydroxyl groups is 12. The lowest BCUT2D eigenvalue weighted by Crippen LogP contribution is -2.68. The van der Waals surface area contributed by atoms with Crippen molar-refractivity contribution in [3.8, 4) is 0 Å². The van der Waals surface area contributed by atoms with Gasteiger partial charge in [0, 0.05) is 0 Å². The lowest BCUT2D eigenvalue weighted by Gasteiger charge is -2.71. The maximum absolute atomic E-state index is 12.7. The molecule has 66 heavy (non-hydrogen) atoms. The Morgan fingerprint density at radius 3 is 1.71 bits per heavy atom. The van der Waals surface area contributed by atoms with Gasteiger partial charge in [-0.25, -0.2) is 0 Å². The number of hydrogen-bond donors (Lipinski definition) is 12. The number of rotatable bonds is 13. The van der Waals surface area contributed by atoms with Gasteiger partial charge in [0.25, 0.3) is 0 Å². The molecule has 0 radical (unpaired) electrons. The summed E-state index contributed by atoms with van der Waals surface area (Å²) in [6.45, 7) is 15.5. The molecular formula is C48H82O18. The average molecular weight is 947 g/mol. The van der Waals surface area contributed by atoms with E-state index in [4.69, 9.17) is 28.4 Å². The fourth-order valence-corrected chi connectivity index (χ4v) is 14.9. The number of allylic oxidation sites excluding steroid dienone is 2. The van der Waals surface area contributed by atoms with Crippen LogP contribution >= 0.6 is 0 Å². The van der Waals surface area contributed by atoms with E-state index < -0.39 is 135 Å². The van der Waals surface area contributed by atoms with Gasteiger partial charge >= 0.3 is 0 Å². The predicted octanol–water partition coefficient (Wildman–Crippen LogP) is -0.0268. The maximum atomic E-state index is 12.7. The molecule has 382 valence electrons. The van der Waals surface area contributed by atoms with Crippen molar-refractivity contribution in [3.63, 3.8) is 0 Å². The number of aliphatic hydroxyl groups excluding tert-OH is 12. The first-order valence-corrected chi connectivity index (χ1v) is 24.4. The standard InChI is InChI=1S/C48H82O18/c1-22(2)10-9-14-48(8,66-42-39(60)36(57)33(54)26(20-50)62-42)23-11-16-47(7)31(23)24(52)18-29-45(5)15-13-30(44(3,4)28(45)12-17-46(29,47)6)64-43-40(37(58)34(55)27(21-51)63-43)65-41-38(59)35(56)32(53)25(19-49)61-41/h10,23-43,49-60H,9,11-21H2,1-8H3/t23-,24+,25+,26+,27+,28+,29+,30-,31-,32+,33+,34+,35-,36-,37-,38+,39+,40+,41-,42-,43-,45-,46+,47+,48-/m0/s1. The molecule has 3 aliphatic heterocycles. The first-order valence-electron chi connectivity index (χ1n) is 24.4. The molecule has 18 heteroatoms. The second kappa shape index (κ2) is 19.6. The molecule has 0 amide bonds. The van der Waals surface area contributed by atoms with Crippen LogP contribution in [0.1, 0.15) is 113 Å². The molecule has 0 aromatic carbocycles. The van der Waals surface area contributed by atoms with Crippen molar-refractivity contribution in [1.82, 2.24) is 0 Å². The molecule has 0 unspecified atom stereocenters. The molecule has 25 atom stereocenters. The Balaban J connectivity index is 1.13. The minimum Gasteiger partial charge on any atom is -0.394 e. The zero-order chi connectivity index (χ0) is 48.6. The van der Waals surface area contributed by atoms with Gasteiger partial charge in [-0.1, -0.05) is 46.3 Å². The monoisotopic (exact) mass is 947 g/mol. The Morgan fingerprint density at radius 2 is 1.14 bits per heavy atom. The number of hydrogen-bond acceptors (Lipinski definition) is 18. The van der Waals surface area contributed by atoms with Gasteiger partial charge < -0.3 is 89.7 Å². The maximum Gasteiger partial charge on any atom is 0.187 e. The zero-order valence-corrected chi connectivity index (χ0v) is 40.0. The van der Waals surface area contributed by atoms with Crippen LogP contribution in [0.4, 0.5) is 0 Å². The second-order valence-electron chi connectivity index (χ2n) is 22.9. The zero-order valence-electron chi connectivity index (χ0n) is 40.0. The van der Waals surface area contributed by atoms with Crippen LogP contribution in [-0.4, -0.2) is 191 Å². The molecule has 7 aliphatic rings. The molecular weight excluding hydrogens is 865 g/mol. The summed E-state index contributed by atoms with van der Waals surface area (Å²) in [5.41, 5.74) is -1.12. The third-order valence-electron chi connectivity index (χ3n) is 18.8. The van der Waals surface area contributed by atoms with Gasteiger partial charge in [-0.2, -0.15) is 0 Å². The lowest BCUT2D eigenvalue weighted by molar-refractivity contribution is -0.378. The highest BCUT2D eigenvalue weighted by molar-refractivity contribution is 5.20. The molecule has 12 N–H and O–H groups in total. The molecule has 4 aliphatic carbocycles. The summed E-state index contributed by atoms with van der Waals surface area (Å²) < 4.78 is 37.2. The van der Waals surface area contributed by atoms with Crippen molar-refractivity contribution in [2.45, 2.75) is 223 Å². The van der Waals surface area contributed by atoms with Crippen LogP contribution in [0.2, 0.25) is 0 Å². The van der Waals surface area contributed by atoms with E-state index in [1.54, 1.807) is 0 Å². The topological polar surface area (TPSA) is 298 Å².